The molecular formula is C16H28N2O2. The average molecular weight is 280 g/mol. The van der Waals surface area contributed by atoms with Crippen molar-refractivity contribution in [2.45, 2.75) is 71.4 Å². The van der Waals surface area contributed by atoms with Crippen molar-refractivity contribution in [3.05, 3.63) is 0 Å². The number of carbonyl (C=O) groups excluding carboxylic acids is 2. The summed E-state index contributed by atoms with van der Waals surface area (Å²) in [7, 11) is 0. The molecule has 2 amide bonds. The number of hydrogen-bond donors (Lipinski definition) is 1. The zero-order valence-corrected chi connectivity index (χ0v) is 13.5. The summed E-state index contributed by atoms with van der Waals surface area (Å²) in [6.07, 6.45) is 3.76. The Morgan fingerprint density at radius 1 is 1.30 bits per heavy atom. The van der Waals surface area contributed by atoms with Crippen LogP contribution >= 0.6 is 0 Å². The Hall–Kier alpha value is -1.06. The van der Waals surface area contributed by atoms with E-state index in [0.717, 1.165) is 19.3 Å². The van der Waals surface area contributed by atoms with Crippen LogP contribution < -0.4 is 5.32 Å². The third-order valence-electron chi connectivity index (χ3n) is 5.42. The molecule has 2 aliphatic rings. The molecule has 20 heavy (non-hydrogen) atoms. The van der Waals surface area contributed by atoms with Gasteiger partial charge in [-0.2, -0.15) is 0 Å². The number of nitrogens with zero attached hydrogens (tertiary/aromatic N) is 1. The molecule has 114 valence electrons. The number of piperazine rings is 1. The average Bonchev–Trinajstić information content (AvgIpc) is 3.25. The fourth-order valence-corrected chi connectivity index (χ4v) is 3.06. The van der Waals surface area contributed by atoms with Crippen LogP contribution in [-0.2, 0) is 9.59 Å². The lowest BCUT2D eigenvalue weighted by Gasteiger charge is -2.51. The number of hydrogen-bond acceptors (Lipinski definition) is 2. The van der Waals surface area contributed by atoms with Crippen molar-refractivity contribution in [1.29, 1.82) is 0 Å². The molecule has 1 heterocycles. The SMILES string of the molecule is CCC(C)CN1C(=O)C(C)(C2CC2)NC(=O)C1(C)CC. The van der Waals surface area contributed by atoms with Crippen molar-refractivity contribution in [1.82, 2.24) is 10.2 Å². The monoisotopic (exact) mass is 280 g/mol. The third kappa shape index (κ3) is 2.23. The topological polar surface area (TPSA) is 49.4 Å². The minimum atomic E-state index is -0.699. The summed E-state index contributed by atoms with van der Waals surface area (Å²) in [5.74, 6) is 0.862. The Morgan fingerprint density at radius 3 is 2.35 bits per heavy atom. The zero-order chi connectivity index (χ0) is 15.1. The van der Waals surface area contributed by atoms with Gasteiger partial charge in [0.25, 0.3) is 0 Å². The molecule has 1 saturated carbocycles. The lowest BCUT2D eigenvalue weighted by Crippen LogP contribution is -2.75. The molecule has 0 spiro atoms. The summed E-state index contributed by atoms with van der Waals surface area (Å²) in [5.41, 5.74) is -1.38. The van der Waals surface area contributed by atoms with Crippen molar-refractivity contribution >= 4 is 11.8 Å². The molecule has 2 fully saturated rings. The van der Waals surface area contributed by atoms with Crippen LogP contribution in [0.4, 0.5) is 0 Å². The second-order valence-corrected chi connectivity index (χ2v) is 6.99. The predicted octanol–water partition coefficient (Wildman–Crippen LogP) is 2.33. The molecule has 3 atom stereocenters. The Morgan fingerprint density at radius 2 is 1.90 bits per heavy atom. The molecule has 1 aliphatic carbocycles. The lowest BCUT2D eigenvalue weighted by molar-refractivity contribution is -0.163. The van der Waals surface area contributed by atoms with E-state index in [2.05, 4.69) is 19.2 Å². The van der Waals surface area contributed by atoms with E-state index in [1.807, 2.05) is 25.7 Å². The fourth-order valence-electron chi connectivity index (χ4n) is 3.06. The van der Waals surface area contributed by atoms with Crippen molar-refractivity contribution in [2.75, 3.05) is 6.54 Å². The second kappa shape index (κ2) is 5.05. The van der Waals surface area contributed by atoms with Crippen molar-refractivity contribution in [3.63, 3.8) is 0 Å². The van der Waals surface area contributed by atoms with Crippen LogP contribution in [0.25, 0.3) is 0 Å². The highest BCUT2D eigenvalue weighted by Gasteiger charge is 2.58. The quantitative estimate of drug-likeness (QED) is 0.840. The van der Waals surface area contributed by atoms with E-state index in [1.54, 1.807) is 0 Å². The Bertz CT molecular complexity index is 419. The molecule has 0 bridgehead atoms. The maximum Gasteiger partial charge on any atom is 0.249 e. The summed E-state index contributed by atoms with van der Waals surface area (Å²) in [5, 5.41) is 3.04. The highest BCUT2D eigenvalue weighted by molar-refractivity contribution is 6.02. The van der Waals surface area contributed by atoms with Gasteiger partial charge in [0.1, 0.15) is 11.1 Å². The van der Waals surface area contributed by atoms with Gasteiger partial charge in [0.05, 0.1) is 0 Å². The highest BCUT2D eigenvalue weighted by Crippen LogP contribution is 2.44. The Balaban J connectivity index is 2.33. The molecule has 0 aromatic carbocycles. The van der Waals surface area contributed by atoms with Crippen LogP contribution in [0.1, 0.15) is 60.3 Å². The summed E-state index contributed by atoms with van der Waals surface area (Å²) >= 11 is 0. The standard InChI is InChI=1S/C16H28N2O2/c1-6-11(3)10-18-14(20)16(5,12-8-9-12)17-13(19)15(18,4)7-2/h11-12H,6-10H2,1-5H3,(H,17,19). The van der Waals surface area contributed by atoms with E-state index in [0.29, 0.717) is 24.8 Å². The minimum Gasteiger partial charge on any atom is -0.340 e. The maximum atomic E-state index is 13.0. The number of rotatable bonds is 5. The number of nitrogens with one attached hydrogen (secondary N) is 1. The molecule has 4 nitrogen and oxygen atoms in total. The van der Waals surface area contributed by atoms with Crippen molar-refractivity contribution in [3.8, 4) is 0 Å². The lowest BCUT2D eigenvalue weighted by atomic mass is 9.82. The normalized spacial score (nSPS) is 36.0. The van der Waals surface area contributed by atoms with E-state index >= 15 is 0 Å². The van der Waals surface area contributed by atoms with E-state index in [1.165, 1.54) is 0 Å². The van der Waals surface area contributed by atoms with E-state index in [9.17, 15) is 9.59 Å². The van der Waals surface area contributed by atoms with E-state index < -0.39 is 11.1 Å². The summed E-state index contributed by atoms with van der Waals surface area (Å²) < 4.78 is 0. The molecule has 0 aromatic rings. The van der Waals surface area contributed by atoms with E-state index in [-0.39, 0.29) is 11.8 Å². The van der Waals surface area contributed by atoms with Crippen molar-refractivity contribution < 1.29 is 9.59 Å². The first kappa shape index (κ1) is 15.3. The van der Waals surface area contributed by atoms with Gasteiger partial charge in [-0.25, -0.2) is 0 Å². The second-order valence-electron chi connectivity index (χ2n) is 6.99. The van der Waals surface area contributed by atoms with Gasteiger partial charge in [-0.3, -0.25) is 9.59 Å². The molecule has 1 saturated heterocycles. The predicted molar refractivity (Wildman–Crippen MR) is 79.1 cm³/mol. The molecule has 1 aliphatic heterocycles. The van der Waals surface area contributed by atoms with Gasteiger partial charge in [-0.15, -0.1) is 0 Å². The maximum absolute atomic E-state index is 13.0. The van der Waals surface area contributed by atoms with Gasteiger partial charge in [0, 0.05) is 6.54 Å². The van der Waals surface area contributed by atoms with Gasteiger partial charge < -0.3 is 10.2 Å². The fraction of sp³-hybridized carbons (Fsp3) is 0.875. The Kier molecular flexibility index (Phi) is 3.87. The highest BCUT2D eigenvalue weighted by atomic mass is 16.2. The van der Waals surface area contributed by atoms with Crippen LogP contribution in [0.2, 0.25) is 0 Å². The molecule has 2 rings (SSSR count). The van der Waals surface area contributed by atoms with Crippen LogP contribution in [0.3, 0.4) is 0 Å². The van der Waals surface area contributed by atoms with Crippen LogP contribution in [0, 0.1) is 11.8 Å². The third-order valence-corrected chi connectivity index (χ3v) is 5.42. The van der Waals surface area contributed by atoms with Gasteiger partial charge in [-0.1, -0.05) is 27.2 Å². The molecular weight excluding hydrogens is 252 g/mol. The smallest absolute Gasteiger partial charge is 0.249 e. The number of amides is 2. The molecule has 4 heteroatoms. The first-order valence-electron chi connectivity index (χ1n) is 7.94. The first-order valence-corrected chi connectivity index (χ1v) is 7.94. The summed E-state index contributed by atoms with van der Waals surface area (Å²) in [6, 6.07) is 0. The van der Waals surface area contributed by atoms with Gasteiger partial charge in [-0.05, 0) is 44.9 Å². The van der Waals surface area contributed by atoms with Gasteiger partial charge >= 0.3 is 0 Å². The molecule has 0 aromatic heterocycles. The van der Waals surface area contributed by atoms with Crippen LogP contribution in [-0.4, -0.2) is 34.3 Å². The zero-order valence-electron chi connectivity index (χ0n) is 13.5. The molecule has 3 unspecified atom stereocenters. The van der Waals surface area contributed by atoms with Gasteiger partial charge in [0.15, 0.2) is 0 Å². The largest absolute Gasteiger partial charge is 0.340 e. The minimum absolute atomic E-state index is 0.0114. The Labute approximate surface area is 122 Å². The summed E-state index contributed by atoms with van der Waals surface area (Å²) in [4.78, 5) is 27.5. The van der Waals surface area contributed by atoms with Gasteiger partial charge in [0.2, 0.25) is 11.8 Å². The van der Waals surface area contributed by atoms with Crippen LogP contribution in [0.15, 0.2) is 0 Å². The molecule has 1 N–H and O–H groups in total. The van der Waals surface area contributed by atoms with E-state index in [4.69, 9.17) is 0 Å². The summed E-state index contributed by atoms with van der Waals surface area (Å²) in [6.45, 7) is 10.7. The van der Waals surface area contributed by atoms with Crippen molar-refractivity contribution in [2.24, 2.45) is 11.8 Å². The first-order chi connectivity index (χ1) is 9.29. The molecule has 0 radical (unpaired) electrons. The van der Waals surface area contributed by atoms with Crippen LogP contribution in [0.5, 0.6) is 0 Å². The number of carbonyl (C=O) groups is 2.